The van der Waals surface area contributed by atoms with E-state index in [9.17, 15) is 24.0 Å². The molecule has 0 saturated carbocycles. The number of amides is 4. The molecule has 0 rings (SSSR count). The predicted molar refractivity (Wildman–Crippen MR) is 106 cm³/mol. The lowest BCUT2D eigenvalue weighted by molar-refractivity contribution is -0.138. The molecule has 3 unspecified atom stereocenters. The average molecular weight is 430 g/mol. The van der Waals surface area contributed by atoms with Gasteiger partial charge in [-0.2, -0.15) is 0 Å². The number of carbonyl (C=O) groups is 5. The standard InChI is InChI=1S/C16H30N8O6/c1-8(23-14(29)9(17)4-5-11(18)25)13(28)24-10(3-2-6-21-16(19)20)15(30)22-7-12(26)27/h8-10H,2-7,17H2,1H3,(H2,18,25)(H,22,30)(H,23,29)(H,24,28)(H,26,27)(H4,19,20,21). The van der Waals surface area contributed by atoms with Crippen molar-refractivity contribution in [1.82, 2.24) is 16.0 Å². The molecular formula is C16H30N8O6. The zero-order valence-corrected chi connectivity index (χ0v) is 16.7. The number of carboxylic acid groups (broad SMARTS) is 1. The van der Waals surface area contributed by atoms with E-state index in [1.807, 2.05) is 0 Å². The van der Waals surface area contributed by atoms with E-state index in [0.717, 1.165) is 0 Å². The van der Waals surface area contributed by atoms with Gasteiger partial charge in [0.1, 0.15) is 18.6 Å². The van der Waals surface area contributed by atoms with Gasteiger partial charge in [0.15, 0.2) is 5.96 Å². The van der Waals surface area contributed by atoms with Crippen LogP contribution >= 0.6 is 0 Å². The molecule has 4 amide bonds. The largest absolute Gasteiger partial charge is 0.480 e. The van der Waals surface area contributed by atoms with Crippen LogP contribution in [0.4, 0.5) is 0 Å². The van der Waals surface area contributed by atoms with Gasteiger partial charge < -0.3 is 44.0 Å². The van der Waals surface area contributed by atoms with E-state index in [0.29, 0.717) is 6.42 Å². The third-order valence-corrected chi connectivity index (χ3v) is 3.78. The van der Waals surface area contributed by atoms with Crippen LogP contribution in [0.1, 0.15) is 32.6 Å². The van der Waals surface area contributed by atoms with Gasteiger partial charge in [0, 0.05) is 13.0 Å². The van der Waals surface area contributed by atoms with E-state index >= 15 is 0 Å². The molecule has 0 aliphatic carbocycles. The second kappa shape index (κ2) is 13.7. The minimum Gasteiger partial charge on any atom is -0.480 e. The van der Waals surface area contributed by atoms with Crippen LogP contribution in [0.2, 0.25) is 0 Å². The van der Waals surface area contributed by atoms with Crippen molar-refractivity contribution < 1.29 is 29.1 Å². The molecule has 14 heteroatoms. The molecular weight excluding hydrogens is 400 g/mol. The number of hydrogen-bond donors (Lipinski definition) is 8. The summed E-state index contributed by atoms with van der Waals surface area (Å²) < 4.78 is 0. The van der Waals surface area contributed by atoms with Crippen LogP contribution in [0.5, 0.6) is 0 Å². The first-order valence-electron chi connectivity index (χ1n) is 9.13. The summed E-state index contributed by atoms with van der Waals surface area (Å²) in [5, 5.41) is 15.7. The van der Waals surface area contributed by atoms with E-state index in [1.54, 1.807) is 0 Å². The Morgan fingerprint density at radius 3 is 2.13 bits per heavy atom. The monoisotopic (exact) mass is 430 g/mol. The molecule has 0 aliphatic rings. The molecule has 12 N–H and O–H groups in total. The number of rotatable bonds is 14. The van der Waals surface area contributed by atoms with E-state index < -0.39 is 54.3 Å². The van der Waals surface area contributed by atoms with Gasteiger partial charge in [-0.1, -0.05) is 0 Å². The summed E-state index contributed by atoms with van der Waals surface area (Å²) in [5.41, 5.74) is 21.1. The van der Waals surface area contributed by atoms with Crippen molar-refractivity contribution in [2.24, 2.45) is 27.9 Å². The minimum atomic E-state index is -1.25. The lowest BCUT2D eigenvalue weighted by Gasteiger charge is -2.21. The van der Waals surface area contributed by atoms with E-state index in [1.165, 1.54) is 6.92 Å². The van der Waals surface area contributed by atoms with Crippen LogP contribution in [0.3, 0.4) is 0 Å². The second-order valence-corrected chi connectivity index (χ2v) is 6.46. The van der Waals surface area contributed by atoms with Gasteiger partial charge in [0.25, 0.3) is 0 Å². The first-order chi connectivity index (χ1) is 13.9. The highest BCUT2D eigenvalue weighted by Crippen LogP contribution is 2.01. The molecule has 0 fully saturated rings. The van der Waals surface area contributed by atoms with Gasteiger partial charge in [0.05, 0.1) is 6.04 Å². The fraction of sp³-hybridized carbons (Fsp3) is 0.625. The maximum atomic E-state index is 12.4. The zero-order chi connectivity index (χ0) is 23.3. The number of primary amides is 1. The SMILES string of the molecule is CC(NC(=O)C(N)CCC(N)=O)C(=O)NC(CCCN=C(N)N)C(=O)NCC(=O)O. The molecule has 30 heavy (non-hydrogen) atoms. The number of nitrogens with one attached hydrogen (secondary N) is 3. The summed E-state index contributed by atoms with van der Waals surface area (Å²) in [6.07, 6.45) is 0.367. The van der Waals surface area contributed by atoms with Crippen molar-refractivity contribution in [2.45, 2.75) is 50.7 Å². The fourth-order valence-electron chi connectivity index (χ4n) is 2.17. The zero-order valence-electron chi connectivity index (χ0n) is 16.7. The highest BCUT2D eigenvalue weighted by Gasteiger charge is 2.25. The summed E-state index contributed by atoms with van der Waals surface area (Å²) >= 11 is 0. The van der Waals surface area contributed by atoms with Crippen LogP contribution in [0, 0.1) is 0 Å². The molecule has 0 aromatic heterocycles. The van der Waals surface area contributed by atoms with Gasteiger partial charge in [-0.25, -0.2) is 0 Å². The Morgan fingerprint density at radius 2 is 1.60 bits per heavy atom. The fourth-order valence-corrected chi connectivity index (χ4v) is 2.17. The number of aliphatic imine (C=N–C) groups is 1. The number of hydrogen-bond acceptors (Lipinski definition) is 7. The second-order valence-electron chi connectivity index (χ2n) is 6.46. The first-order valence-corrected chi connectivity index (χ1v) is 9.13. The van der Waals surface area contributed by atoms with Crippen LogP contribution < -0.4 is 38.9 Å². The van der Waals surface area contributed by atoms with Gasteiger partial charge in [-0.05, 0) is 26.2 Å². The molecule has 0 heterocycles. The molecule has 0 aromatic carbocycles. The van der Waals surface area contributed by atoms with Crippen molar-refractivity contribution in [1.29, 1.82) is 0 Å². The number of guanidine groups is 1. The Hall–Kier alpha value is -3.42. The maximum Gasteiger partial charge on any atom is 0.322 e. The Morgan fingerprint density at radius 1 is 0.967 bits per heavy atom. The molecule has 0 aromatic rings. The molecule has 0 radical (unpaired) electrons. The quantitative estimate of drug-likeness (QED) is 0.0753. The number of carbonyl (C=O) groups excluding carboxylic acids is 4. The van der Waals surface area contributed by atoms with Gasteiger partial charge >= 0.3 is 5.97 Å². The molecule has 0 spiro atoms. The van der Waals surface area contributed by atoms with Crippen molar-refractivity contribution in [3.05, 3.63) is 0 Å². The maximum absolute atomic E-state index is 12.4. The van der Waals surface area contributed by atoms with Crippen LogP contribution in [-0.2, 0) is 24.0 Å². The Kier molecular flexibility index (Phi) is 12.1. The number of carboxylic acids is 1. The van der Waals surface area contributed by atoms with Crippen LogP contribution in [0.25, 0.3) is 0 Å². The normalized spacial score (nSPS) is 13.3. The van der Waals surface area contributed by atoms with E-state index in [4.69, 9.17) is 28.0 Å². The van der Waals surface area contributed by atoms with Crippen LogP contribution in [0.15, 0.2) is 4.99 Å². The molecule has 14 nitrogen and oxygen atoms in total. The predicted octanol–water partition coefficient (Wildman–Crippen LogP) is -4.18. The molecule has 3 atom stereocenters. The Bertz CT molecular complexity index is 664. The van der Waals surface area contributed by atoms with Crippen molar-refractivity contribution in [2.75, 3.05) is 13.1 Å². The van der Waals surface area contributed by atoms with Crippen molar-refractivity contribution >= 4 is 35.6 Å². The number of aliphatic carboxylic acids is 1. The first kappa shape index (κ1) is 26.6. The molecule has 170 valence electrons. The highest BCUT2D eigenvalue weighted by molar-refractivity contribution is 5.93. The van der Waals surface area contributed by atoms with E-state index in [2.05, 4.69) is 20.9 Å². The van der Waals surface area contributed by atoms with Crippen molar-refractivity contribution in [3.63, 3.8) is 0 Å². The highest BCUT2D eigenvalue weighted by atomic mass is 16.4. The van der Waals surface area contributed by atoms with E-state index in [-0.39, 0.29) is 31.8 Å². The van der Waals surface area contributed by atoms with Gasteiger partial charge in [-0.15, -0.1) is 0 Å². The number of nitrogens with zero attached hydrogens (tertiary/aromatic N) is 1. The molecule has 0 bridgehead atoms. The summed E-state index contributed by atoms with van der Waals surface area (Å²) in [6, 6.07) is -3.17. The summed E-state index contributed by atoms with van der Waals surface area (Å²) in [6.45, 7) is 0.946. The summed E-state index contributed by atoms with van der Waals surface area (Å²) in [7, 11) is 0. The van der Waals surface area contributed by atoms with Gasteiger partial charge in [-0.3, -0.25) is 29.0 Å². The van der Waals surface area contributed by atoms with Crippen LogP contribution in [-0.4, -0.2) is 71.9 Å². The topological polar surface area (TPSA) is 258 Å². The third-order valence-electron chi connectivity index (χ3n) is 3.78. The molecule has 0 saturated heterocycles. The smallest absolute Gasteiger partial charge is 0.322 e. The third kappa shape index (κ3) is 12.1. The van der Waals surface area contributed by atoms with Crippen molar-refractivity contribution in [3.8, 4) is 0 Å². The minimum absolute atomic E-state index is 0.0144. The summed E-state index contributed by atoms with van der Waals surface area (Å²) in [5.74, 6) is -4.07. The average Bonchev–Trinajstić information content (AvgIpc) is 2.65. The lowest BCUT2D eigenvalue weighted by atomic mass is 10.1. The Balaban J connectivity index is 4.86. The Labute approximate surface area is 173 Å². The lowest BCUT2D eigenvalue weighted by Crippen LogP contribution is -2.55. The number of nitrogens with two attached hydrogens (primary N) is 4. The van der Waals surface area contributed by atoms with Gasteiger partial charge in [0.2, 0.25) is 23.6 Å². The molecule has 0 aliphatic heterocycles. The summed E-state index contributed by atoms with van der Waals surface area (Å²) in [4.78, 5) is 61.7.